The summed E-state index contributed by atoms with van der Waals surface area (Å²) >= 11 is 0. The molecule has 346 valence electrons. The predicted octanol–water partition coefficient (Wildman–Crippen LogP) is 13.8. The standard InChI is InChI=1S/C52H91NO7/c1-6-8-10-12-14-16-18-20-21-22-23-24-25-26-27-28-29-31-32-34-36-38-40-42-50(54)59-47-48(46-58-45-44-49(52(56)57)53(3,4)5)60-51(55)43-41-39-37-35-33-30-19-17-15-13-11-9-7-2/h9,11,13,15,17,19,23-24,26-27,48-49H,6-8,10,12,14,16,18,20-22,25,28-47H2,1-5H3/p+1/b11-9+,15-13+,19-17+,24-23+,27-26+. The summed E-state index contributed by atoms with van der Waals surface area (Å²) in [7, 11) is 5.51. The first-order valence-corrected chi connectivity index (χ1v) is 24.4. The Bertz CT molecular complexity index is 1170. The van der Waals surface area contributed by atoms with Gasteiger partial charge in [0, 0.05) is 19.3 Å². The van der Waals surface area contributed by atoms with E-state index in [0.717, 1.165) is 77.0 Å². The van der Waals surface area contributed by atoms with E-state index in [-0.39, 0.29) is 36.2 Å². The molecule has 0 radical (unpaired) electrons. The molecule has 1 N–H and O–H groups in total. The number of carboxylic acid groups (broad SMARTS) is 1. The second-order valence-corrected chi connectivity index (χ2v) is 17.4. The van der Waals surface area contributed by atoms with Crippen LogP contribution in [0, 0.1) is 0 Å². The first kappa shape index (κ1) is 57.0. The zero-order valence-electron chi connectivity index (χ0n) is 39.4. The molecule has 0 aromatic carbocycles. The highest BCUT2D eigenvalue weighted by molar-refractivity contribution is 5.72. The third-order valence-corrected chi connectivity index (χ3v) is 10.7. The summed E-state index contributed by atoms with van der Waals surface area (Å²) < 4.78 is 17.3. The minimum Gasteiger partial charge on any atom is -0.477 e. The third-order valence-electron chi connectivity index (χ3n) is 10.7. The zero-order chi connectivity index (χ0) is 44.2. The van der Waals surface area contributed by atoms with Crippen LogP contribution in [-0.4, -0.2) is 80.6 Å². The molecule has 60 heavy (non-hydrogen) atoms. The number of nitrogens with zero attached hydrogens (tertiary/aromatic N) is 1. The fraction of sp³-hybridized carbons (Fsp3) is 0.750. The Hall–Kier alpha value is -2.97. The lowest BCUT2D eigenvalue weighted by molar-refractivity contribution is -0.887. The molecule has 0 amide bonds. The fourth-order valence-corrected chi connectivity index (χ4v) is 6.95. The van der Waals surface area contributed by atoms with E-state index in [0.29, 0.717) is 19.3 Å². The third kappa shape index (κ3) is 40.4. The van der Waals surface area contributed by atoms with Crippen LogP contribution < -0.4 is 0 Å². The molecular weight excluding hydrogens is 751 g/mol. The number of rotatable bonds is 43. The molecule has 0 saturated heterocycles. The summed E-state index contributed by atoms with van der Waals surface area (Å²) in [5.74, 6) is -1.51. The van der Waals surface area contributed by atoms with Crippen molar-refractivity contribution in [1.82, 2.24) is 0 Å². The molecule has 8 nitrogen and oxygen atoms in total. The minimum atomic E-state index is -0.881. The molecule has 2 unspecified atom stereocenters. The van der Waals surface area contributed by atoms with Crippen LogP contribution in [0.5, 0.6) is 0 Å². The van der Waals surface area contributed by atoms with Crippen molar-refractivity contribution in [2.24, 2.45) is 0 Å². The molecule has 0 aliphatic carbocycles. The highest BCUT2D eigenvalue weighted by atomic mass is 16.6. The van der Waals surface area contributed by atoms with Crippen LogP contribution in [0.4, 0.5) is 0 Å². The van der Waals surface area contributed by atoms with Gasteiger partial charge in [-0.1, -0.05) is 177 Å². The summed E-state index contributed by atoms with van der Waals surface area (Å²) in [6.45, 7) is 4.58. The minimum absolute atomic E-state index is 0.0480. The molecule has 0 spiro atoms. The molecule has 2 atom stereocenters. The average molecular weight is 843 g/mol. The molecule has 0 aromatic heterocycles. The first-order valence-electron chi connectivity index (χ1n) is 24.4. The van der Waals surface area contributed by atoms with Crippen molar-refractivity contribution in [1.29, 1.82) is 0 Å². The topological polar surface area (TPSA) is 99.1 Å². The van der Waals surface area contributed by atoms with Gasteiger partial charge in [0.05, 0.1) is 34.4 Å². The molecule has 0 fully saturated rings. The van der Waals surface area contributed by atoms with E-state index in [1.54, 1.807) is 0 Å². The van der Waals surface area contributed by atoms with Gasteiger partial charge in [-0.05, 0) is 64.2 Å². The second-order valence-electron chi connectivity index (χ2n) is 17.4. The van der Waals surface area contributed by atoms with Crippen LogP contribution in [0.3, 0.4) is 0 Å². The van der Waals surface area contributed by atoms with Crippen molar-refractivity contribution in [2.75, 3.05) is 41.0 Å². The lowest BCUT2D eigenvalue weighted by atomic mass is 10.1. The smallest absolute Gasteiger partial charge is 0.362 e. The first-order chi connectivity index (χ1) is 29.1. The molecule has 8 heteroatoms. The van der Waals surface area contributed by atoms with E-state index in [4.69, 9.17) is 14.2 Å². The van der Waals surface area contributed by atoms with E-state index in [1.807, 2.05) is 27.2 Å². The maximum atomic E-state index is 12.7. The van der Waals surface area contributed by atoms with Crippen molar-refractivity contribution in [2.45, 2.75) is 212 Å². The molecule has 0 aromatic rings. The number of ether oxygens (including phenoxy) is 3. The van der Waals surface area contributed by atoms with Gasteiger partial charge in [0.25, 0.3) is 0 Å². The number of esters is 2. The van der Waals surface area contributed by atoms with E-state index in [1.165, 1.54) is 89.9 Å². The second kappa shape index (κ2) is 42.7. The maximum absolute atomic E-state index is 12.7. The molecule has 0 rings (SSSR count). The van der Waals surface area contributed by atoms with E-state index in [9.17, 15) is 19.5 Å². The zero-order valence-corrected chi connectivity index (χ0v) is 39.4. The lowest BCUT2D eigenvalue weighted by Crippen LogP contribution is -2.50. The van der Waals surface area contributed by atoms with Crippen LogP contribution in [0.15, 0.2) is 60.8 Å². The summed E-state index contributed by atoms with van der Waals surface area (Å²) in [4.78, 5) is 37.0. The Morgan fingerprint density at radius 3 is 1.50 bits per heavy atom. The molecule has 0 aliphatic heterocycles. The van der Waals surface area contributed by atoms with E-state index >= 15 is 0 Å². The van der Waals surface area contributed by atoms with Crippen molar-refractivity contribution < 1.29 is 38.2 Å². The quantitative estimate of drug-likeness (QED) is 0.0215. The Morgan fingerprint density at radius 2 is 1.00 bits per heavy atom. The van der Waals surface area contributed by atoms with Crippen LogP contribution >= 0.6 is 0 Å². The largest absolute Gasteiger partial charge is 0.477 e. The highest BCUT2D eigenvalue weighted by Crippen LogP contribution is 2.14. The van der Waals surface area contributed by atoms with Gasteiger partial charge < -0.3 is 23.8 Å². The number of hydrogen-bond acceptors (Lipinski definition) is 6. The highest BCUT2D eigenvalue weighted by Gasteiger charge is 2.31. The number of unbranched alkanes of at least 4 members (excludes halogenated alkanes) is 21. The van der Waals surface area contributed by atoms with Gasteiger partial charge in [-0.2, -0.15) is 0 Å². The lowest BCUT2D eigenvalue weighted by Gasteiger charge is -2.31. The number of carboxylic acids is 1. The summed E-state index contributed by atoms with van der Waals surface area (Å²) in [5.41, 5.74) is 0. The van der Waals surface area contributed by atoms with Gasteiger partial charge in [0.2, 0.25) is 0 Å². The summed E-state index contributed by atoms with van der Waals surface area (Å²) in [6.07, 6.45) is 52.8. The normalized spacial score (nSPS) is 13.4. The average Bonchev–Trinajstić information content (AvgIpc) is 3.21. The monoisotopic (exact) mass is 843 g/mol. The van der Waals surface area contributed by atoms with Gasteiger partial charge in [-0.3, -0.25) is 9.59 Å². The number of likely N-dealkylation sites (N-methyl/N-ethyl adjacent to an activating group) is 1. The maximum Gasteiger partial charge on any atom is 0.362 e. The van der Waals surface area contributed by atoms with Crippen molar-refractivity contribution >= 4 is 17.9 Å². The number of carbonyl (C=O) groups excluding carboxylic acids is 2. The number of aliphatic carboxylic acids is 1. The van der Waals surface area contributed by atoms with Crippen molar-refractivity contribution in [3.8, 4) is 0 Å². The Morgan fingerprint density at radius 1 is 0.533 bits per heavy atom. The van der Waals surface area contributed by atoms with Gasteiger partial charge in [-0.25, -0.2) is 4.79 Å². The Balaban J connectivity index is 4.25. The van der Waals surface area contributed by atoms with Crippen LogP contribution in [-0.2, 0) is 28.6 Å². The fourth-order valence-electron chi connectivity index (χ4n) is 6.95. The molecular formula is C52H92NO7+. The molecule has 0 bridgehead atoms. The van der Waals surface area contributed by atoms with Gasteiger partial charge >= 0.3 is 17.9 Å². The number of carbonyl (C=O) groups is 3. The van der Waals surface area contributed by atoms with Crippen LogP contribution in [0.25, 0.3) is 0 Å². The van der Waals surface area contributed by atoms with E-state index in [2.05, 4.69) is 68.5 Å². The summed E-state index contributed by atoms with van der Waals surface area (Å²) in [6, 6.07) is -0.622. The van der Waals surface area contributed by atoms with Crippen LogP contribution in [0.1, 0.15) is 200 Å². The van der Waals surface area contributed by atoms with Gasteiger partial charge in [-0.15, -0.1) is 0 Å². The number of hydrogen-bond donors (Lipinski definition) is 1. The Labute approximate surface area is 368 Å². The SMILES string of the molecule is CC/C=C/C=C/C=C/CCCCCCCC(=O)OC(COCCC(C(=O)O)[N+](C)(C)C)COC(=O)CCCCCCCCC/C=C/C/C=C/CCCCCCCCCCC. The van der Waals surface area contributed by atoms with Crippen molar-refractivity contribution in [3.05, 3.63) is 60.8 Å². The van der Waals surface area contributed by atoms with Gasteiger partial charge in [0.15, 0.2) is 12.1 Å². The van der Waals surface area contributed by atoms with Crippen molar-refractivity contribution in [3.63, 3.8) is 0 Å². The van der Waals surface area contributed by atoms with E-state index < -0.39 is 18.1 Å². The molecule has 0 aliphatic rings. The Kier molecular flexibility index (Phi) is 40.6. The predicted molar refractivity (Wildman–Crippen MR) is 252 cm³/mol. The molecule has 0 heterocycles. The number of quaternary nitrogens is 1. The molecule has 0 saturated carbocycles. The summed E-state index contributed by atoms with van der Waals surface area (Å²) in [5, 5.41) is 9.63. The van der Waals surface area contributed by atoms with Crippen LogP contribution in [0.2, 0.25) is 0 Å². The van der Waals surface area contributed by atoms with Gasteiger partial charge in [0.1, 0.15) is 6.61 Å². The number of allylic oxidation sites excluding steroid dienone is 10.